The van der Waals surface area contributed by atoms with Crippen LogP contribution in [0.4, 0.5) is 5.69 Å². The topological polar surface area (TPSA) is 49.9 Å². The highest BCUT2D eigenvalue weighted by Gasteiger charge is 2.30. The fourth-order valence-corrected chi connectivity index (χ4v) is 5.31. The van der Waals surface area contributed by atoms with E-state index in [-0.39, 0.29) is 0 Å². The van der Waals surface area contributed by atoms with Gasteiger partial charge in [0.05, 0.1) is 11.5 Å². The van der Waals surface area contributed by atoms with Crippen LogP contribution in [0.1, 0.15) is 29.2 Å². The number of rotatable bonds is 5. The molecule has 152 valence electrons. The highest BCUT2D eigenvalue weighted by atomic mass is 32.2. The second-order valence-electron chi connectivity index (χ2n) is 7.48. The number of benzene rings is 2. The molecule has 0 aromatic heterocycles. The number of hydrogen-bond acceptors (Lipinski definition) is 4. The first-order valence-electron chi connectivity index (χ1n) is 9.80. The summed E-state index contributed by atoms with van der Waals surface area (Å²) in [5.74, 6) is 0.749. The van der Waals surface area contributed by atoms with Gasteiger partial charge in [-0.15, -0.1) is 0 Å². The summed E-state index contributed by atoms with van der Waals surface area (Å²) in [6.45, 7) is 12.8. The third-order valence-electron chi connectivity index (χ3n) is 5.48. The first-order valence-corrected chi connectivity index (χ1v) is 11.2. The van der Waals surface area contributed by atoms with Gasteiger partial charge in [-0.1, -0.05) is 6.07 Å². The molecule has 3 rings (SSSR count). The average Bonchev–Trinajstić information content (AvgIpc) is 2.67. The minimum Gasteiger partial charge on any atom is -0.494 e. The van der Waals surface area contributed by atoms with Crippen LogP contribution in [0, 0.1) is 27.7 Å². The molecule has 1 heterocycles. The van der Waals surface area contributed by atoms with E-state index in [4.69, 9.17) is 4.74 Å². The van der Waals surface area contributed by atoms with E-state index in [0.29, 0.717) is 37.7 Å². The van der Waals surface area contributed by atoms with Crippen molar-refractivity contribution in [3.05, 3.63) is 52.6 Å². The molecule has 0 spiro atoms. The summed E-state index contributed by atoms with van der Waals surface area (Å²) in [5.41, 5.74) is 5.26. The molecule has 0 radical (unpaired) electrons. The third kappa shape index (κ3) is 4.03. The number of nitrogens with zero attached hydrogens (tertiary/aromatic N) is 2. The van der Waals surface area contributed by atoms with Gasteiger partial charge in [0.15, 0.2) is 0 Å². The van der Waals surface area contributed by atoms with Gasteiger partial charge in [0.1, 0.15) is 5.75 Å². The highest BCUT2D eigenvalue weighted by molar-refractivity contribution is 7.89. The second kappa shape index (κ2) is 8.13. The van der Waals surface area contributed by atoms with Gasteiger partial charge in [-0.3, -0.25) is 0 Å². The Morgan fingerprint density at radius 2 is 1.54 bits per heavy atom. The lowest BCUT2D eigenvalue weighted by molar-refractivity contribution is 0.337. The maximum atomic E-state index is 13.2. The summed E-state index contributed by atoms with van der Waals surface area (Å²) >= 11 is 0. The fourth-order valence-electron chi connectivity index (χ4n) is 3.60. The highest BCUT2D eigenvalue weighted by Crippen LogP contribution is 2.29. The predicted octanol–water partition coefficient (Wildman–Crippen LogP) is 3.83. The minimum absolute atomic E-state index is 0.382. The first-order chi connectivity index (χ1) is 13.2. The molecule has 2 aromatic rings. The van der Waals surface area contributed by atoms with Crippen LogP contribution in [-0.4, -0.2) is 45.5 Å². The molecule has 1 saturated heterocycles. The minimum atomic E-state index is -3.52. The van der Waals surface area contributed by atoms with E-state index in [1.807, 2.05) is 26.8 Å². The van der Waals surface area contributed by atoms with Crippen molar-refractivity contribution < 1.29 is 13.2 Å². The molecule has 2 aromatic carbocycles. The summed E-state index contributed by atoms with van der Waals surface area (Å²) in [4.78, 5) is 2.64. The van der Waals surface area contributed by atoms with E-state index >= 15 is 0 Å². The molecule has 1 aliphatic heterocycles. The molecule has 0 saturated carbocycles. The maximum Gasteiger partial charge on any atom is 0.243 e. The Labute approximate surface area is 169 Å². The van der Waals surface area contributed by atoms with Crippen molar-refractivity contribution in [3.8, 4) is 5.75 Å². The summed E-state index contributed by atoms with van der Waals surface area (Å²) in [5, 5.41) is 0. The largest absolute Gasteiger partial charge is 0.494 e. The van der Waals surface area contributed by atoms with Crippen molar-refractivity contribution in [1.29, 1.82) is 0 Å². The van der Waals surface area contributed by atoms with Gasteiger partial charge in [-0.2, -0.15) is 4.31 Å². The lowest BCUT2D eigenvalue weighted by Gasteiger charge is -2.36. The van der Waals surface area contributed by atoms with Crippen LogP contribution in [0.25, 0.3) is 0 Å². The van der Waals surface area contributed by atoms with E-state index in [2.05, 4.69) is 36.9 Å². The lowest BCUT2D eigenvalue weighted by Crippen LogP contribution is -2.48. The number of piperazine rings is 1. The summed E-state index contributed by atoms with van der Waals surface area (Å²) in [6, 6.07) is 9.99. The molecule has 0 bridgehead atoms. The van der Waals surface area contributed by atoms with Crippen LogP contribution in [0.2, 0.25) is 0 Å². The van der Waals surface area contributed by atoms with E-state index in [0.717, 1.165) is 22.6 Å². The van der Waals surface area contributed by atoms with Crippen LogP contribution in [0.5, 0.6) is 5.75 Å². The van der Waals surface area contributed by atoms with Gasteiger partial charge in [0.25, 0.3) is 0 Å². The van der Waals surface area contributed by atoms with Crippen molar-refractivity contribution in [2.24, 2.45) is 0 Å². The third-order valence-corrected chi connectivity index (χ3v) is 7.53. The van der Waals surface area contributed by atoms with E-state index in [1.165, 1.54) is 11.1 Å². The van der Waals surface area contributed by atoms with Crippen LogP contribution < -0.4 is 9.64 Å². The Morgan fingerprint density at radius 1 is 0.857 bits per heavy atom. The molecule has 1 aliphatic rings. The molecule has 28 heavy (non-hydrogen) atoms. The predicted molar refractivity (Wildman–Crippen MR) is 114 cm³/mol. The van der Waals surface area contributed by atoms with Crippen LogP contribution >= 0.6 is 0 Å². The quantitative estimate of drug-likeness (QED) is 0.763. The molecule has 0 atom stereocenters. The number of hydrogen-bond donors (Lipinski definition) is 0. The second-order valence-corrected chi connectivity index (χ2v) is 9.38. The van der Waals surface area contributed by atoms with Crippen LogP contribution in [-0.2, 0) is 10.0 Å². The number of anilines is 1. The molecule has 0 aliphatic carbocycles. The Kier molecular flexibility index (Phi) is 6.01. The van der Waals surface area contributed by atoms with Gasteiger partial charge >= 0.3 is 0 Å². The monoisotopic (exact) mass is 402 g/mol. The fraction of sp³-hybridized carbons (Fsp3) is 0.455. The Balaban J connectivity index is 1.78. The lowest BCUT2D eigenvalue weighted by atomic mass is 10.1. The van der Waals surface area contributed by atoms with Gasteiger partial charge in [-0.05, 0) is 81.1 Å². The van der Waals surface area contributed by atoms with Crippen LogP contribution in [0.15, 0.2) is 35.2 Å². The Hall–Kier alpha value is -2.05. The van der Waals surface area contributed by atoms with Gasteiger partial charge in [0, 0.05) is 31.9 Å². The molecular formula is C22H30N2O3S. The Morgan fingerprint density at radius 3 is 2.14 bits per heavy atom. The smallest absolute Gasteiger partial charge is 0.243 e. The van der Waals surface area contributed by atoms with E-state index in [9.17, 15) is 8.42 Å². The molecule has 1 fully saturated rings. The van der Waals surface area contributed by atoms with Crippen molar-refractivity contribution in [2.45, 2.75) is 39.5 Å². The number of sulfonamides is 1. The maximum absolute atomic E-state index is 13.2. The first kappa shape index (κ1) is 20.7. The summed E-state index contributed by atoms with van der Waals surface area (Å²) in [7, 11) is -3.52. The van der Waals surface area contributed by atoms with Crippen LogP contribution in [0.3, 0.4) is 0 Å². The number of aryl methyl sites for hydroxylation is 4. The van der Waals surface area contributed by atoms with Crippen molar-refractivity contribution in [2.75, 3.05) is 37.7 Å². The van der Waals surface area contributed by atoms with Gasteiger partial charge in [0.2, 0.25) is 10.0 Å². The number of ether oxygens (including phenoxy) is 1. The molecular weight excluding hydrogens is 372 g/mol. The molecule has 0 unspecified atom stereocenters. The van der Waals surface area contributed by atoms with E-state index < -0.39 is 10.0 Å². The molecule has 0 N–H and O–H groups in total. The Bertz CT molecular complexity index is 962. The zero-order valence-electron chi connectivity index (χ0n) is 17.4. The normalized spacial score (nSPS) is 15.7. The SMILES string of the molecule is CCOc1cc(C)c(S(=O)(=O)N2CCN(c3ccc(C)c(C)c3)CC2)cc1C. The van der Waals surface area contributed by atoms with Crippen molar-refractivity contribution in [1.82, 2.24) is 4.31 Å². The summed E-state index contributed by atoms with van der Waals surface area (Å²) in [6.07, 6.45) is 0. The zero-order chi connectivity index (χ0) is 20.5. The van der Waals surface area contributed by atoms with Gasteiger partial charge < -0.3 is 9.64 Å². The molecule has 6 heteroatoms. The molecule has 5 nitrogen and oxygen atoms in total. The standard InChI is InChI=1S/C22H30N2O3S/c1-6-27-21-14-19(5)22(15-18(21)4)28(25,26)24-11-9-23(10-12-24)20-8-7-16(2)17(3)13-20/h7-8,13-15H,6,9-12H2,1-5H3. The molecule has 0 amide bonds. The zero-order valence-corrected chi connectivity index (χ0v) is 18.3. The van der Waals surface area contributed by atoms with Crippen molar-refractivity contribution in [3.63, 3.8) is 0 Å². The average molecular weight is 403 g/mol. The van der Waals surface area contributed by atoms with Crippen molar-refractivity contribution >= 4 is 15.7 Å². The summed E-state index contributed by atoms with van der Waals surface area (Å²) < 4.78 is 33.7. The van der Waals surface area contributed by atoms with Gasteiger partial charge in [-0.25, -0.2) is 8.42 Å². The van der Waals surface area contributed by atoms with E-state index in [1.54, 1.807) is 10.4 Å².